The maximum Gasteiger partial charge on any atom is 0.411 e. The zero-order valence-electron chi connectivity index (χ0n) is 28.3. The molecule has 10 heteroatoms. The molecule has 0 saturated heterocycles. The highest BCUT2D eigenvalue weighted by atomic mass is 19.1. The number of hydrogen-bond donors (Lipinski definition) is 5. The van der Waals surface area contributed by atoms with Gasteiger partial charge in [-0.3, -0.25) is 5.32 Å². The van der Waals surface area contributed by atoms with Crippen LogP contribution in [0.2, 0.25) is 0 Å². The lowest BCUT2D eigenvalue weighted by atomic mass is 10.1. The van der Waals surface area contributed by atoms with Crippen molar-refractivity contribution in [3.05, 3.63) is 120 Å². The molecule has 0 aliphatic carbocycles. The number of esters is 1. The van der Waals surface area contributed by atoms with Crippen LogP contribution in [0.5, 0.6) is 0 Å². The quantitative estimate of drug-likeness (QED) is 0.0453. The van der Waals surface area contributed by atoms with Gasteiger partial charge in [0.25, 0.3) is 0 Å². The highest BCUT2D eigenvalue weighted by Gasteiger charge is 2.20. The first-order chi connectivity index (χ1) is 24.5. The molecule has 5 aromatic carbocycles. The lowest BCUT2D eigenvalue weighted by Crippen LogP contribution is -2.22. The molecule has 0 unspecified atom stereocenters. The molecule has 0 saturated carbocycles. The molecule has 0 heterocycles. The largest absolute Gasteiger partial charge is 0.457 e. The predicted octanol–water partition coefficient (Wildman–Crippen LogP) is 7.35. The van der Waals surface area contributed by atoms with Crippen LogP contribution in [0.3, 0.4) is 0 Å². The van der Waals surface area contributed by atoms with Gasteiger partial charge in [0, 0.05) is 6.54 Å². The average molecular weight is 680 g/mol. The first-order valence-corrected chi connectivity index (χ1v) is 17.3. The number of carbonyl (C=O) groups excluding carboxylic acids is 2. The van der Waals surface area contributed by atoms with Crippen LogP contribution >= 0.6 is 0 Å². The molecular formula is C40H46FN5O4. The summed E-state index contributed by atoms with van der Waals surface area (Å²) in [7, 11) is 0. The third-order valence-electron chi connectivity index (χ3n) is 8.29. The summed E-state index contributed by atoms with van der Waals surface area (Å²) in [5, 5.41) is 16.7. The van der Waals surface area contributed by atoms with Gasteiger partial charge in [-0.15, -0.1) is 0 Å². The molecule has 0 aliphatic heterocycles. The molecule has 9 nitrogen and oxygen atoms in total. The second kappa shape index (κ2) is 19.2. The van der Waals surface area contributed by atoms with Crippen molar-refractivity contribution < 1.29 is 23.5 Å². The SMILES string of the molecule is NCCCNCCCCNCCCNc1cc(NC(=O)OCc2ccc3ccccc3c2)c(C(=O)OCc2ccc3ccccc3c2)cc1F. The fourth-order valence-electron chi connectivity index (χ4n) is 5.57. The van der Waals surface area contributed by atoms with E-state index in [0.29, 0.717) is 13.1 Å². The number of fused-ring (bicyclic) bond motifs is 2. The van der Waals surface area contributed by atoms with Crippen LogP contribution in [-0.2, 0) is 22.7 Å². The molecule has 0 radical (unpaired) electrons. The van der Waals surface area contributed by atoms with Crippen LogP contribution in [0, 0.1) is 5.82 Å². The van der Waals surface area contributed by atoms with Crippen molar-refractivity contribution in [2.24, 2.45) is 5.73 Å². The molecule has 6 N–H and O–H groups in total. The van der Waals surface area contributed by atoms with E-state index in [1.54, 1.807) is 0 Å². The van der Waals surface area contributed by atoms with Crippen molar-refractivity contribution in [1.82, 2.24) is 10.6 Å². The third-order valence-corrected chi connectivity index (χ3v) is 8.29. The number of carbonyl (C=O) groups is 2. The van der Waals surface area contributed by atoms with Gasteiger partial charge in [-0.2, -0.15) is 0 Å². The summed E-state index contributed by atoms with van der Waals surface area (Å²) >= 11 is 0. The highest BCUT2D eigenvalue weighted by molar-refractivity contribution is 6.00. The second-order valence-corrected chi connectivity index (χ2v) is 12.1. The fourth-order valence-corrected chi connectivity index (χ4v) is 5.57. The van der Waals surface area contributed by atoms with Gasteiger partial charge in [0.05, 0.1) is 16.9 Å². The first kappa shape index (κ1) is 36.3. The van der Waals surface area contributed by atoms with Gasteiger partial charge in [-0.1, -0.05) is 72.8 Å². The van der Waals surface area contributed by atoms with Gasteiger partial charge < -0.3 is 31.2 Å². The van der Waals surface area contributed by atoms with Gasteiger partial charge in [0.15, 0.2) is 0 Å². The Morgan fingerprint density at radius 2 is 1.16 bits per heavy atom. The molecule has 0 bridgehead atoms. The van der Waals surface area contributed by atoms with Crippen molar-refractivity contribution in [2.45, 2.75) is 38.9 Å². The number of nitrogens with two attached hydrogens (primary N) is 1. The average Bonchev–Trinajstić information content (AvgIpc) is 3.14. The van der Waals surface area contributed by atoms with Gasteiger partial charge >= 0.3 is 12.1 Å². The Labute approximate surface area is 292 Å². The van der Waals surface area contributed by atoms with E-state index in [1.165, 1.54) is 6.07 Å². The van der Waals surface area contributed by atoms with Crippen LogP contribution in [0.4, 0.5) is 20.6 Å². The van der Waals surface area contributed by atoms with Crippen molar-refractivity contribution in [3.63, 3.8) is 0 Å². The van der Waals surface area contributed by atoms with E-state index in [1.807, 2.05) is 84.9 Å². The Bertz CT molecular complexity index is 1870. The van der Waals surface area contributed by atoms with Gasteiger partial charge in [0.1, 0.15) is 19.0 Å². The lowest BCUT2D eigenvalue weighted by Gasteiger charge is -2.15. The lowest BCUT2D eigenvalue weighted by molar-refractivity contribution is 0.0473. The number of nitrogens with one attached hydrogen (secondary N) is 4. The maximum atomic E-state index is 15.3. The predicted molar refractivity (Wildman–Crippen MR) is 199 cm³/mol. The van der Waals surface area contributed by atoms with E-state index in [9.17, 15) is 9.59 Å². The van der Waals surface area contributed by atoms with Crippen LogP contribution in [0.1, 0.15) is 47.2 Å². The second-order valence-electron chi connectivity index (χ2n) is 12.1. The molecule has 0 aliphatic rings. The fraction of sp³-hybridized carbons (Fsp3) is 0.300. The van der Waals surface area contributed by atoms with Gasteiger partial charge in [-0.05, 0) is 115 Å². The number of benzene rings is 5. The minimum atomic E-state index is -0.780. The summed E-state index contributed by atoms with van der Waals surface area (Å²) in [4.78, 5) is 26.3. The van der Waals surface area contributed by atoms with Gasteiger partial charge in [-0.25, -0.2) is 14.0 Å². The van der Waals surface area contributed by atoms with E-state index in [-0.39, 0.29) is 30.2 Å². The Morgan fingerprint density at radius 3 is 1.78 bits per heavy atom. The summed E-state index contributed by atoms with van der Waals surface area (Å²) in [6.45, 7) is 4.78. The Morgan fingerprint density at radius 1 is 0.600 bits per heavy atom. The van der Waals surface area contributed by atoms with Crippen LogP contribution in [-0.4, -0.2) is 51.3 Å². The van der Waals surface area contributed by atoms with E-state index >= 15 is 4.39 Å². The smallest absolute Gasteiger partial charge is 0.411 e. The van der Waals surface area contributed by atoms with Crippen LogP contribution in [0.25, 0.3) is 21.5 Å². The minimum Gasteiger partial charge on any atom is -0.457 e. The normalized spacial score (nSPS) is 11.1. The summed E-state index contributed by atoms with van der Waals surface area (Å²) in [5.41, 5.74) is 7.23. The first-order valence-electron chi connectivity index (χ1n) is 17.3. The topological polar surface area (TPSA) is 127 Å². The van der Waals surface area contributed by atoms with Crippen molar-refractivity contribution >= 4 is 45.0 Å². The number of anilines is 2. The van der Waals surface area contributed by atoms with E-state index in [4.69, 9.17) is 15.2 Å². The highest BCUT2D eigenvalue weighted by Crippen LogP contribution is 2.27. The number of hydrogen-bond acceptors (Lipinski definition) is 8. The molecule has 5 aromatic rings. The molecule has 0 spiro atoms. The van der Waals surface area contributed by atoms with E-state index < -0.39 is 17.9 Å². The van der Waals surface area contributed by atoms with Crippen molar-refractivity contribution in [3.8, 4) is 0 Å². The van der Waals surface area contributed by atoms with Crippen molar-refractivity contribution in [2.75, 3.05) is 49.9 Å². The molecule has 0 fully saturated rings. The zero-order valence-corrected chi connectivity index (χ0v) is 28.3. The number of halogens is 1. The maximum absolute atomic E-state index is 15.3. The number of unbranched alkanes of at least 4 members (excludes halogenated alkanes) is 1. The Kier molecular flexibility index (Phi) is 13.9. The molecule has 50 heavy (non-hydrogen) atoms. The zero-order chi connectivity index (χ0) is 35.0. The summed E-state index contributed by atoms with van der Waals surface area (Å²) in [6, 6.07) is 29.9. The van der Waals surface area contributed by atoms with E-state index in [0.717, 1.165) is 90.6 Å². The summed E-state index contributed by atoms with van der Waals surface area (Å²) in [5.74, 6) is -1.40. The molecular weight excluding hydrogens is 633 g/mol. The third kappa shape index (κ3) is 11.0. The Balaban J connectivity index is 1.19. The van der Waals surface area contributed by atoms with E-state index in [2.05, 4.69) is 21.3 Å². The number of ether oxygens (including phenoxy) is 2. The summed E-state index contributed by atoms with van der Waals surface area (Å²) in [6.07, 6.45) is 3.09. The Hall–Kier alpha value is -5.03. The molecule has 262 valence electrons. The van der Waals surface area contributed by atoms with Crippen LogP contribution in [0.15, 0.2) is 97.1 Å². The molecule has 5 rings (SSSR count). The molecule has 0 atom stereocenters. The molecule has 0 aromatic heterocycles. The minimum absolute atomic E-state index is 0.0164. The number of rotatable bonds is 19. The number of amides is 1. The van der Waals surface area contributed by atoms with Gasteiger partial charge in [0.2, 0.25) is 0 Å². The van der Waals surface area contributed by atoms with Crippen molar-refractivity contribution in [1.29, 1.82) is 0 Å². The monoisotopic (exact) mass is 679 g/mol. The van der Waals surface area contributed by atoms with Crippen LogP contribution < -0.4 is 27.0 Å². The summed E-state index contributed by atoms with van der Waals surface area (Å²) < 4.78 is 26.4. The standard InChI is InChI=1S/C40H46FN5O4/c41-36-25-35(39(47)49-27-29-13-15-31-9-1-3-11-33(31)23-29)37(26-38(36)45-22-8-21-44-19-6-5-18-43-20-7-17-42)46-40(48)50-28-30-14-16-32-10-2-4-12-34(32)24-30/h1-4,9-16,23-26,43-45H,5-8,17-22,27-28,42H2,(H,46,48). The molecule has 1 amide bonds.